The van der Waals surface area contributed by atoms with Gasteiger partial charge in [-0.05, 0) is 61.6 Å². The third kappa shape index (κ3) is 5.91. The Balaban J connectivity index is 0.00000210. The van der Waals surface area contributed by atoms with Crippen LogP contribution in [-0.2, 0) is 5.54 Å². The van der Waals surface area contributed by atoms with E-state index >= 15 is 0 Å². The van der Waals surface area contributed by atoms with Crippen molar-refractivity contribution in [1.29, 1.82) is 0 Å². The van der Waals surface area contributed by atoms with Crippen molar-refractivity contribution in [2.45, 2.75) is 70.9 Å². The van der Waals surface area contributed by atoms with Crippen molar-refractivity contribution in [2.24, 2.45) is 5.92 Å². The smallest absolute Gasteiger partial charge is 0.226 e. The van der Waals surface area contributed by atoms with Crippen LogP contribution in [0.2, 0.25) is 0 Å². The Kier molecular flexibility index (Phi) is 9.98. The van der Waals surface area contributed by atoms with Crippen molar-refractivity contribution in [2.75, 3.05) is 0 Å². The van der Waals surface area contributed by atoms with E-state index in [4.69, 9.17) is 0 Å². The van der Waals surface area contributed by atoms with Crippen molar-refractivity contribution in [3.8, 4) is 0 Å². The lowest BCUT2D eigenvalue weighted by molar-refractivity contribution is -0.743. The normalized spacial score (nSPS) is 20.8. The number of pyridine rings is 2. The molecule has 2 atom stereocenters. The van der Waals surface area contributed by atoms with E-state index in [2.05, 4.69) is 127 Å². The highest BCUT2D eigenvalue weighted by Crippen LogP contribution is 2.40. The first-order valence-electron chi connectivity index (χ1n) is 13.8. The molecule has 5 heteroatoms. The summed E-state index contributed by atoms with van der Waals surface area (Å²) in [5, 5.41) is 14.8. The van der Waals surface area contributed by atoms with Crippen molar-refractivity contribution < 1.29 is 39.1 Å². The molecule has 1 N–H and O–H groups in total. The van der Waals surface area contributed by atoms with Crippen molar-refractivity contribution >= 4 is 27.5 Å². The van der Waals surface area contributed by atoms with E-state index in [-0.39, 0.29) is 24.8 Å². The highest BCUT2D eigenvalue weighted by molar-refractivity contribution is 5.77. The van der Waals surface area contributed by atoms with Gasteiger partial charge < -0.3 is 29.9 Å². The van der Waals surface area contributed by atoms with Crippen LogP contribution in [0.1, 0.15) is 59.8 Å². The number of unbranched alkanes of at least 4 members (excludes halogenated alkanes) is 2. The minimum Gasteiger partial charge on any atom is -1.00 e. The molecule has 1 aliphatic rings. The molecule has 3 nitrogen and oxygen atoms in total. The zero-order valence-electron chi connectivity index (χ0n) is 23.4. The summed E-state index contributed by atoms with van der Waals surface area (Å²) in [6.07, 6.45) is 14.7. The van der Waals surface area contributed by atoms with E-state index in [0.29, 0.717) is 0 Å². The third-order valence-electron chi connectivity index (χ3n) is 8.19. The number of para-hydroxylation sites is 2. The molecule has 0 spiro atoms. The van der Waals surface area contributed by atoms with Crippen LogP contribution in [0.25, 0.3) is 27.5 Å². The minimum atomic E-state index is -1.17. The molecule has 0 saturated carbocycles. The van der Waals surface area contributed by atoms with Crippen molar-refractivity contribution in [3.63, 3.8) is 0 Å². The van der Waals surface area contributed by atoms with Gasteiger partial charge in [-0.15, -0.1) is 0 Å². The van der Waals surface area contributed by atoms with E-state index in [1.54, 1.807) is 0 Å². The molecule has 0 fully saturated rings. The number of nitrogens with zero attached hydrogens (tertiary/aromatic N) is 2. The molecule has 39 heavy (non-hydrogen) atoms. The van der Waals surface area contributed by atoms with Gasteiger partial charge in [0.2, 0.25) is 27.9 Å². The fourth-order valence-electron chi connectivity index (χ4n) is 5.87. The SMILES string of the molecule is CC(C)CCCCCC1=CC(C)([n+]2cccc3ccccc32)C(C)(O)C([n+]2cccc3ccccc32)=C1.[Cl-].[Cl-]. The van der Waals surface area contributed by atoms with Gasteiger partial charge in [-0.2, -0.15) is 9.13 Å². The summed E-state index contributed by atoms with van der Waals surface area (Å²) in [6, 6.07) is 25.3. The Hall–Kier alpha value is -2.72. The number of aliphatic hydroxyl groups is 1. The molecular weight excluding hydrogens is 523 g/mol. The second kappa shape index (κ2) is 12.6. The lowest BCUT2D eigenvalue weighted by atomic mass is 9.73. The summed E-state index contributed by atoms with van der Waals surface area (Å²) >= 11 is 0. The standard InChI is InChI=1S/C34H40N2O.2ClH/c1-26(2)14-6-5-7-15-27-24-32(35-22-12-18-28-16-8-10-20-30(28)35)34(4,37)33(3,25-27)36-23-13-19-29-17-9-11-21-31(29)36;;/h8-13,16-26,37H,5-7,14-15H2,1-4H3;2*1H/q+2;;/p-2. The maximum Gasteiger partial charge on any atom is 0.226 e. The number of benzene rings is 2. The Bertz CT molecular complexity index is 1480. The van der Waals surface area contributed by atoms with Crippen LogP contribution in [0.5, 0.6) is 0 Å². The number of hydrogen-bond acceptors (Lipinski definition) is 1. The molecule has 0 radical (unpaired) electrons. The molecule has 1 aliphatic carbocycles. The monoisotopic (exact) mass is 562 g/mol. The number of fused-ring (bicyclic) bond motifs is 2. The molecule has 0 bridgehead atoms. The fourth-order valence-corrected chi connectivity index (χ4v) is 5.87. The second-order valence-electron chi connectivity index (χ2n) is 11.3. The molecule has 0 aliphatic heterocycles. The maximum atomic E-state index is 12.5. The van der Waals surface area contributed by atoms with Crippen LogP contribution in [-0.4, -0.2) is 10.7 Å². The predicted octanol–water partition coefficient (Wildman–Crippen LogP) is 1.13. The molecule has 4 aromatic rings. The topological polar surface area (TPSA) is 28.0 Å². The number of aromatic nitrogens is 2. The molecule has 2 aromatic heterocycles. The summed E-state index contributed by atoms with van der Waals surface area (Å²) in [6.45, 7) is 8.75. The average molecular weight is 564 g/mol. The van der Waals surface area contributed by atoms with Gasteiger partial charge in [0.05, 0.1) is 0 Å². The van der Waals surface area contributed by atoms with Gasteiger partial charge in [0.1, 0.15) is 0 Å². The molecular formula is C34H40Cl2N2O. The van der Waals surface area contributed by atoms with Gasteiger partial charge in [0.25, 0.3) is 0 Å². The van der Waals surface area contributed by atoms with E-state index in [1.165, 1.54) is 30.2 Å². The summed E-state index contributed by atoms with van der Waals surface area (Å²) in [7, 11) is 0. The zero-order chi connectivity index (χ0) is 26.0. The summed E-state index contributed by atoms with van der Waals surface area (Å²) in [4.78, 5) is 0. The zero-order valence-corrected chi connectivity index (χ0v) is 25.0. The predicted molar refractivity (Wildman–Crippen MR) is 153 cm³/mol. The molecule has 2 heterocycles. The summed E-state index contributed by atoms with van der Waals surface area (Å²) in [5.41, 5.74) is 2.55. The second-order valence-corrected chi connectivity index (χ2v) is 11.3. The molecule has 2 aromatic carbocycles. The number of rotatable bonds is 8. The summed E-state index contributed by atoms with van der Waals surface area (Å²) < 4.78 is 4.45. The Morgan fingerprint density at radius 2 is 1.33 bits per heavy atom. The molecule has 5 rings (SSSR count). The van der Waals surface area contributed by atoms with Crippen LogP contribution < -0.4 is 33.9 Å². The fraction of sp³-hybridized carbons (Fsp3) is 0.353. The third-order valence-corrected chi connectivity index (χ3v) is 8.19. The largest absolute Gasteiger partial charge is 1.00 e. The van der Waals surface area contributed by atoms with Gasteiger partial charge in [-0.25, -0.2) is 0 Å². The van der Waals surface area contributed by atoms with Crippen LogP contribution in [0.15, 0.2) is 103 Å². The molecule has 206 valence electrons. The Labute approximate surface area is 245 Å². The van der Waals surface area contributed by atoms with Crippen LogP contribution in [0.4, 0.5) is 0 Å². The van der Waals surface area contributed by atoms with E-state index in [9.17, 15) is 5.11 Å². The first kappa shape index (κ1) is 30.8. The van der Waals surface area contributed by atoms with Crippen LogP contribution in [0, 0.1) is 5.92 Å². The lowest BCUT2D eigenvalue weighted by Crippen LogP contribution is -3.00. The average Bonchev–Trinajstić information content (AvgIpc) is 2.89. The molecule has 2 unspecified atom stereocenters. The Morgan fingerprint density at radius 3 is 2.03 bits per heavy atom. The maximum absolute atomic E-state index is 12.5. The van der Waals surface area contributed by atoms with E-state index in [1.807, 2.05) is 6.92 Å². The molecule has 0 saturated heterocycles. The number of allylic oxidation sites excluding steroid dienone is 2. The van der Waals surface area contributed by atoms with Gasteiger partial charge in [0.15, 0.2) is 12.4 Å². The molecule has 0 amide bonds. The quantitative estimate of drug-likeness (QED) is 0.253. The van der Waals surface area contributed by atoms with Gasteiger partial charge >= 0.3 is 0 Å². The van der Waals surface area contributed by atoms with Gasteiger partial charge in [-0.3, -0.25) is 0 Å². The van der Waals surface area contributed by atoms with Crippen LogP contribution in [0.3, 0.4) is 0 Å². The minimum absolute atomic E-state index is 0. The van der Waals surface area contributed by atoms with Crippen molar-refractivity contribution in [3.05, 3.63) is 103 Å². The Morgan fingerprint density at radius 1 is 0.744 bits per heavy atom. The highest BCUT2D eigenvalue weighted by Gasteiger charge is 2.59. The van der Waals surface area contributed by atoms with Crippen molar-refractivity contribution in [1.82, 2.24) is 0 Å². The first-order valence-corrected chi connectivity index (χ1v) is 13.8. The van der Waals surface area contributed by atoms with E-state index < -0.39 is 11.1 Å². The summed E-state index contributed by atoms with van der Waals surface area (Å²) in [5.74, 6) is 0.754. The highest BCUT2D eigenvalue weighted by atomic mass is 35.5. The van der Waals surface area contributed by atoms with Crippen LogP contribution >= 0.6 is 0 Å². The lowest BCUT2D eigenvalue weighted by Gasteiger charge is -2.38. The number of hydrogen-bond donors (Lipinski definition) is 1. The van der Waals surface area contributed by atoms with Gasteiger partial charge in [0, 0.05) is 48.0 Å². The van der Waals surface area contributed by atoms with E-state index in [0.717, 1.165) is 40.9 Å². The first-order chi connectivity index (χ1) is 17.8. The van der Waals surface area contributed by atoms with Gasteiger partial charge in [-0.1, -0.05) is 57.4 Å². The number of halogens is 2.